The van der Waals surface area contributed by atoms with Crippen molar-refractivity contribution in [2.24, 2.45) is 11.7 Å². The van der Waals surface area contributed by atoms with Gasteiger partial charge in [-0.15, -0.1) is 0 Å². The zero-order chi connectivity index (χ0) is 13.5. The molecule has 0 aliphatic heterocycles. The van der Waals surface area contributed by atoms with Gasteiger partial charge in [0.25, 0.3) is 0 Å². The Balaban J connectivity index is 2.92. The number of carbonyl (C=O) groups is 1. The van der Waals surface area contributed by atoms with Crippen LogP contribution in [0.1, 0.15) is 39.2 Å². The van der Waals surface area contributed by atoms with E-state index in [4.69, 9.17) is 5.73 Å². The molecule has 18 heavy (non-hydrogen) atoms. The molecule has 0 fully saturated rings. The number of benzene rings is 1. The number of anilines is 1. The van der Waals surface area contributed by atoms with E-state index in [1.807, 2.05) is 43.0 Å². The third kappa shape index (κ3) is 3.57. The van der Waals surface area contributed by atoms with Crippen LogP contribution in [0.5, 0.6) is 0 Å². The van der Waals surface area contributed by atoms with Gasteiger partial charge in [0, 0.05) is 24.7 Å². The molecule has 100 valence electrons. The van der Waals surface area contributed by atoms with Gasteiger partial charge >= 0.3 is 0 Å². The molecule has 0 heterocycles. The van der Waals surface area contributed by atoms with Crippen LogP contribution in [0, 0.1) is 5.92 Å². The first kappa shape index (κ1) is 14.7. The Morgan fingerprint density at radius 1 is 1.28 bits per heavy atom. The minimum absolute atomic E-state index is 0.0748. The van der Waals surface area contributed by atoms with Gasteiger partial charge in [0.1, 0.15) is 0 Å². The predicted molar refractivity (Wildman–Crippen MR) is 76.4 cm³/mol. The molecule has 1 unspecified atom stereocenters. The van der Waals surface area contributed by atoms with E-state index in [9.17, 15) is 4.79 Å². The average molecular weight is 248 g/mol. The van der Waals surface area contributed by atoms with Crippen LogP contribution in [-0.4, -0.2) is 12.5 Å². The quantitative estimate of drug-likeness (QED) is 0.841. The third-order valence-corrected chi connectivity index (χ3v) is 3.23. The van der Waals surface area contributed by atoms with Crippen molar-refractivity contribution in [2.75, 3.05) is 11.4 Å². The first-order chi connectivity index (χ1) is 8.63. The van der Waals surface area contributed by atoms with Crippen LogP contribution in [0.15, 0.2) is 24.3 Å². The average Bonchev–Trinajstić information content (AvgIpc) is 2.43. The van der Waals surface area contributed by atoms with Gasteiger partial charge in [-0.1, -0.05) is 32.9 Å². The molecular weight excluding hydrogens is 224 g/mol. The molecular formula is C15H24N2O. The number of hydrogen-bond donors (Lipinski definition) is 1. The fraction of sp³-hybridized carbons (Fsp3) is 0.533. The maximum Gasteiger partial charge on any atom is 0.229 e. The van der Waals surface area contributed by atoms with E-state index in [1.165, 1.54) is 0 Å². The smallest absolute Gasteiger partial charge is 0.229 e. The van der Waals surface area contributed by atoms with Crippen molar-refractivity contribution in [1.29, 1.82) is 0 Å². The highest BCUT2D eigenvalue weighted by molar-refractivity contribution is 5.94. The van der Waals surface area contributed by atoms with Gasteiger partial charge in [-0.2, -0.15) is 0 Å². The molecule has 1 amide bonds. The molecule has 3 nitrogen and oxygen atoms in total. The van der Waals surface area contributed by atoms with Crippen molar-refractivity contribution in [3.8, 4) is 0 Å². The van der Waals surface area contributed by atoms with Crippen molar-refractivity contribution in [2.45, 2.75) is 40.2 Å². The van der Waals surface area contributed by atoms with Crippen molar-refractivity contribution < 1.29 is 4.79 Å². The first-order valence-electron chi connectivity index (χ1n) is 6.74. The summed E-state index contributed by atoms with van der Waals surface area (Å²) in [7, 11) is 0. The van der Waals surface area contributed by atoms with Crippen molar-refractivity contribution >= 4 is 11.6 Å². The van der Waals surface area contributed by atoms with E-state index in [-0.39, 0.29) is 11.8 Å². The molecule has 0 aliphatic rings. The molecule has 0 saturated heterocycles. The van der Waals surface area contributed by atoms with Gasteiger partial charge in [-0.25, -0.2) is 0 Å². The van der Waals surface area contributed by atoms with Crippen LogP contribution in [0.4, 0.5) is 5.69 Å². The lowest BCUT2D eigenvalue weighted by molar-refractivity contribution is -0.122. The van der Waals surface area contributed by atoms with Gasteiger partial charge in [0.2, 0.25) is 5.91 Å². The summed E-state index contributed by atoms with van der Waals surface area (Å²) < 4.78 is 0. The van der Waals surface area contributed by atoms with Crippen LogP contribution in [0.2, 0.25) is 0 Å². The lowest BCUT2D eigenvalue weighted by Crippen LogP contribution is -2.35. The van der Waals surface area contributed by atoms with Gasteiger partial charge < -0.3 is 10.6 Å². The maximum absolute atomic E-state index is 12.3. The van der Waals surface area contributed by atoms with E-state index in [0.717, 1.165) is 30.6 Å². The normalized spacial score (nSPS) is 12.2. The zero-order valence-corrected chi connectivity index (χ0v) is 11.6. The van der Waals surface area contributed by atoms with Crippen LogP contribution in [0.3, 0.4) is 0 Å². The monoisotopic (exact) mass is 248 g/mol. The number of nitrogens with zero attached hydrogens (tertiary/aromatic N) is 1. The molecule has 2 N–H and O–H groups in total. The lowest BCUT2D eigenvalue weighted by Gasteiger charge is -2.25. The number of carbonyl (C=O) groups excluding carboxylic acids is 1. The molecule has 0 spiro atoms. The molecule has 0 bridgehead atoms. The first-order valence-corrected chi connectivity index (χ1v) is 6.74. The van der Waals surface area contributed by atoms with Crippen LogP contribution >= 0.6 is 0 Å². The Labute approximate surface area is 110 Å². The molecule has 1 aromatic rings. The van der Waals surface area contributed by atoms with E-state index < -0.39 is 0 Å². The largest absolute Gasteiger partial charge is 0.326 e. The van der Waals surface area contributed by atoms with Crippen molar-refractivity contribution in [1.82, 2.24) is 0 Å². The maximum atomic E-state index is 12.3. The van der Waals surface area contributed by atoms with E-state index in [0.29, 0.717) is 6.54 Å². The summed E-state index contributed by atoms with van der Waals surface area (Å²) in [4.78, 5) is 14.2. The standard InChI is InChI=1S/C15H24N2O/c1-4-10-17(15(18)12(3)5-2)14-8-6-13(11-16)7-9-14/h6-9,12H,4-5,10-11,16H2,1-3H3. The second kappa shape index (κ2) is 7.17. The number of hydrogen-bond acceptors (Lipinski definition) is 2. The minimum Gasteiger partial charge on any atom is -0.326 e. The number of amides is 1. The Hall–Kier alpha value is -1.35. The van der Waals surface area contributed by atoms with Crippen LogP contribution < -0.4 is 10.6 Å². The van der Waals surface area contributed by atoms with Crippen LogP contribution in [-0.2, 0) is 11.3 Å². The highest BCUT2D eigenvalue weighted by atomic mass is 16.2. The second-order valence-electron chi connectivity index (χ2n) is 4.67. The number of nitrogens with two attached hydrogens (primary N) is 1. The highest BCUT2D eigenvalue weighted by Crippen LogP contribution is 2.19. The molecule has 0 aliphatic carbocycles. The van der Waals surface area contributed by atoms with Crippen molar-refractivity contribution in [3.05, 3.63) is 29.8 Å². The second-order valence-corrected chi connectivity index (χ2v) is 4.67. The molecule has 0 radical (unpaired) electrons. The molecule has 1 aromatic carbocycles. The topological polar surface area (TPSA) is 46.3 Å². The summed E-state index contributed by atoms with van der Waals surface area (Å²) in [6.07, 6.45) is 1.83. The van der Waals surface area contributed by atoms with Gasteiger partial charge in [-0.3, -0.25) is 4.79 Å². The molecule has 1 atom stereocenters. The molecule has 1 rings (SSSR count). The van der Waals surface area contributed by atoms with Gasteiger partial charge in [-0.05, 0) is 30.5 Å². The fourth-order valence-corrected chi connectivity index (χ4v) is 1.84. The minimum atomic E-state index is 0.0748. The van der Waals surface area contributed by atoms with Gasteiger partial charge in [0.05, 0.1) is 0 Å². The SMILES string of the molecule is CCCN(C(=O)C(C)CC)c1ccc(CN)cc1. The zero-order valence-electron chi connectivity index (χ0n) is 11.6. The van der Waals surface area contributed by atoms with E-state index in [1.54, 1.807) is 0 Å². The Bertz CT molecular complexity index is 373. The summed E-state index contributed by atoms with van der Waals surface area (Å²) >= 11 is 0. The summed E-state index contributed by atoms with van der Waals surface area (Å²) in [5.74, 6) is 0.283. The Morgan fingerprint density at radius 3 is 2.33 bits per heavy atom. The Morgan fingerprint density at radius 2 is 1.89 bits per heavy atom. The number of rotatable bonds is 6. The fourth-order valence-electron chi connectivity index (χ4n) is 1.84. The van der Waals surface area contributed by atoms with E-state index >= 15 is 0 Å². The van der Waals surface area contributed by atoms with E-state index in [2.05, 4.69) is 6.92 Å². The predicted octanol–water partition coefficient (Wildman–Crippen LogP) is 2.93. The lowest BCUT2D eigenvalue weighted by atomic mass is 10.1. The molecule has 0 aromatic heterocycles. The molecule has 3 heteroatoms. The highest BCUT2D eigenvalue weighted by Gasteiger charge is 2.19. The van der Waals surface area contributed by atoms with Gasteiger partial charge in [0.15, 0.2) is 0 Å². The third-order valence-electron chi connectivity index (χ3n) is 3.23. The molecule has 0 saturated carbocycles. The summed E-state index contributed by atoms with van der Waals surface area (Å²) in [5.41, 5.74) is 7.64. The summed E-state index contributed by atoms with van der Waals surface area (Å²) in [5, 5.41) is 0. The summed E-state index contributed by atoms with van der Waals surface area (Å²) in [6.45, 7) is 7.42. The summed E-state index contributed by atoms with van der Waals surface area (Å²) in [6, 6.07) is 7.94. The van der Waals surface area contributed by atoms with Crippen molar-refractivity contribution in [3.63, 3.8) is 0 Å². The van der Waals surface area contributed by atoms with Crippen LogP contribution in [0.25, 0.3) is 0 Å². The Kier molecular flexibility index (Phi) is 5.86.